The van der Waals surface area contributed by atoms with Gasteiger partial charge in [0.2, 0.25) is 0 Å². The SMILES string of the molecule is Cc1ccccc1CN1CCN(c2c(C#N)nnc3ccccc23)CC1. The summed E-state index contributed by atoms with van der Waals surface area (Å²) in [5, 5.41) is 18.8. The minimum atomic E-state index is 0.413. The molecule has 130 valence electrons. The number of aryl methyl sites for hydroxylation is 1. The quantitative estimate of drug-likeness (QED) is 0.731. The Morgan fingerprint density at radius 2 is 1.69 bits per heavy atom. The molecule has 5 nitrogen and oxygen atoms in total. The molecule has 5 heteroatoms. The van der Waals surface area contributed by atoms with Crippen LogP contribution in [0.15, 0.2) is 48.5 Å². The van der Waals surface area contributed by atoms with E-state index in [2.05, 4.69) is 57.3 Å². The molecule has 1 aromatic heterocycles. The lowest BCUT2D eigenvalue weighted by Crippen LogP contribution is -2.46. The third-order valence-corrected chi connectivity index (χ3v) is 5.09. The number of nitriles is 1. The molecule has 0 amide bonds. The van der Waals surface area contributed by atoms with Gasteiger partial charge in [-0.3, -0.25) is 4.90 Å². The Kier molecular flexibility index (Phi) is 4.51. The summed E-state index contributed by atoms with van der Waals surface area (Å²) in [4.78, 5) is 4.76. The number of anilines is 1. The molecule has 0 atom stereocenters. The van der Waals surface area contributed by atoms with E-state index in [4.69, 9.17) is 0 Å². The van der Waals surface area contributed by atoms with Gasteiger partial charge in [0.1, 0.15) is 6.07 Å². The molecule has 0 aliphatic carbocycles. The Morgan fingerprint density at radius 3 is 2.46 bits per heavy atom. The van der Waals surface area contributed by atoms with Gasteiger partial charge in [0.05, 0.1) is 11.2 Å². The number of piperazine rings is 1. The van der Waals surface area contributed by atoms with Gasteiger partial charge in [-0.15, -0.1) is 10.2 Å². The van der Waals surface area contributed by atoms with E-state index in [1.54, 1.807) is 0 Å². The van der Waals surface area contributed by atoms with Crippen LogP contribution in [0.4, 0.5) is 5.69 Å². The van der Waals surface area contributed by atoms with Gasteiger partial charge in [-0.25, -0.2) is 0 Å². The molecule has 3 aromatic rings. The van der Waals surface area contributed by atoms with E-state index in [-0.39, 0.29) is 0 Å². The number of hydrogen-bond donors (Lipinski definition) is 0. The monoisotopic (exact) mass is 343 g/mol. The van der Waals surface area contributed by atoms with Gasteiger partial charge in [-0.2, -0.15) is 5.26 Å². The molecule has 0 unspecified atom stereocenters. The molecule has 0 spiro atoms. The van der Waals surface area contributed by atoms with E-state index in [0.29, 0.717) is 5.69 Å². The van der Waals surface area contributed by atoms with Crippen LogP contribution < -0.4 is 4.90 Å². The molecular weight excluding hydrogens is 322 g/mol. The molecule has 1 saturated heterocycles. The molecule has 1 aliphatic heterocycles. The van der Waals surface area contributed by atoms with Crippen LogP contribution >= 0.6 is 0 Å². The van der Waals surface area contributed by atoms with Gasteiger partial charge in [-0.05, 0) is 24.1 Å². The van der Waals surface area contributed by atoms with Crippen LogP contribution in [0.3, 0.4) is 0 Å². The fourth-order valence-electron chi connectivity index (χ4n) is 3.59. The molecule has 0 bridgehead atoms. The van der Waals surface area contributed by atoms with E-state index in [0.717, 1.165) is 49.3 Å². The topological polar surface area (TPSA) is 56.0 Å². The zero-order valence-electron chi connectivity index (χ0n) is 14.9. The summed E-state index contributed by atoms with van der Waals surface area (Å²) in [6.45, 7) is 6.85. The summed E-state index contributed by atoms with van der Waals surface area (Å²) in [5.41, 5.74) is 4.90. The molecule has 0 N–H and O–H groups in total. The Bertz CT molecular complexity index is 968. The minimum absolute atomic E-state index is 0.413. The number of rotatable bonds is 3. The first-order chi connectivity index (χ1) is 12.8. The van der Waals surface area contributed by atoms with Crippen molar-refractivity contribution in [3.63, 3.8) is 0 Å². The lowest BCUT2D eigenvalue weighted by Gasteiger charge is -2.36. The van der Waals surface area contributed by atoms with Crippen LogP contribution in [0.25, 0.3) is 10.9 Å². The summed E-state index contributed by atoms with van der Waals surface area (Å²) in [6, 6.07) is 18.7. The van der Waals surface area contributed by atoms with Gasteiger partial charge >= 0.3 is 0 Å². The Balaban J connectivity index is 1.54. The van der Waals surface area contributed by atoms with Crippen LogP contribution in [-0.4, -0.2) is 41.3 Å². The fourth-order valence-corrected chi connectivity index (χ4v) is 3.59. The molecule has 0 radical (unpaired) electrons. The largest absolute Gasteiger partial charge is 0.366 e. The summed E-state index contributed by atoms with van der Waals surface area (Å²) in [5.74, 6) is 0. The standard InChI is InChI=1S/C21H21N5/c1-16-6-2-3-7-17(16)15-25-10-12-26(13-11-25)21-18-8-4-5-9-19(18)23-24-20(21)14-22/h2-9H,10-13,15H2,1H3. The second-order valence-electron chi connectivity index (χ2n) is 6.72. The number of hydrogen-bond acceptors (Lipinski definition) is 5. The molecule has 2 aromatic carbocycles. The van der Waals surface area contributed by atoms with Crippen LogP contribution in [0.5, 0.6) is 0 Å². The number of aromatic nitrogens is 2. The Morgan fingerprint density at radius 1 is 0.962 bits per heavy atom. The van der Waals surface area contributed by atoms with Crippen LogP contribution in [0.2, 0.25) is 0 Å². The van der Waals surface area contributed by atoms with E-state index >= 15 is 0 Å². The van der Waals surface area contributed by atoms with E-state index < -0.39 is 0 Å². The smallest absolute Gasteiger partial charge is 0.187 e. The highest BCUT2D eigenvalue weighted by Crippen LogP contribution is 2.28. The third kappa shape index (κ3) is 3.12. The first-order valence-corrected chi connectivity index (χ1v) is 8.93. The second kappa shape index (κ2) is 7.11. The summed E-state index contributed by atoms with van der Waals surface area (Å²) >= 11 is 0. The van der Waals surface area contributed by atoms with Gasteiger partial charge in [0, 0.05) is 38.1 Å². The number of fused-ring (bicyclic) bond motifs is 1. The average molecular weight is 343 g/mol. The lowest BCUT2D eigenvalue weighted by molar-refractivity contribution is 0.249. The fraction of sp³-hybridized carbons (Fsp3) is 0.286. The Labute approximate surface area is 153 Å². The summed E-state index contributed by atoms with van der Waals surface area (Å²) in [6.07, 6.45) is 0. The van der Waals surface area contributed by atoms with Crippen molar-refractivity contribution in [2.45, 2.75) is 13.5 Å². The predicted octanol–water partition coefficient (Wildman–Crippen LogP) is 3.13. The van der Waals surface area contributed by atoms with Crippen molar-refractivity contribution in [1.82, 2.24) is 15.1 Å². The van der Waals surface area contributed by atoms with E-state index in [1.807, 2.05) is 24.3 Å². The average Bonchev–Trinajstić information content (AvgIpc) is 2.69. The van der Waals surface area contributed by atoms with Crippen LogP contribution in [0, 0.1) is 18.3 Å². The van der Waals surface area contributed by atoms with Crippen molar-refractivity contribution in [2.75, 3.05) is 31.1 Å². The number of benzene rings is 2. The van der Waals surface area contributed by atoms with E-state index in [9.17, 15) is 5.26 Å². The van der Waals surface area contributed by atoms with Crippen molar-refractivity contribution in [2.24, 2.45) is 0 Å². The lowest BCUT2D eigenvalue weighted by atomic mass is 10.1. The van der Waals surface area contributed by atoms with Gasteiger partial charge in [-0.1, -0.05) is 42.5 Å². The molecule has 2 heterocycles. The summed E-state index contributed by atoms with van der Waals surface area (Å²) < 4.78 is 0. The highest BCUT2D eigenvalue weighted by Gasteiger charge is 2.22. The van der Waals surface area contributed by atoms with Crippen molar-refractivity contribution in [3.8, 4) is 6.07 Å². The molecule has 1 fully saturated rings. The van der Waals surface area contributed by atoms with Gasteiger partial charge in [0.25, 0.3) is 0 Å². The van der Waals surface area contributed by atoms with Gasteiger partial charge in [0.15, 0.2) is 5.69 Å². The van der Waals surface area contributed by atoms with Crippen LogP contribution in [-0.2, 0) is 6.54 Å². The predicted molar refractivity (Wildman–Crippen MR) is 103 cm³/mol. The van der Waals surface area contributed by atoms with Crippen molar-refractivity contribution in [1.29, 1.82) is 5.26 Å². The zero-order chi connectivity index (χ0) is 17.9. The maximum Gasteiger partial charge on any atom is 0.187 e. The Hall–Kier alpha value is -2.97. The highest BCUT2D eigenvalue weighted by molar-refractivity contribution is 5.93. The zero-order valence-corrected chi connectivity index (χ0v) is 14.9. The highest BCUT2D eigenvalue weighted by atomic mass is 15.3. The third-order valence-electron chi connectivity index (χ3n) is 5.09. The maximum absolute atomic E-state index is 9.50. The minimum Gasteiger partial charge on any atom is -0.366 e. The van der Waals surface area contributed by atoms with Crippen molar-refractivity contribution in [3.05, 3.63) is 65.4 Å². The van der Waals surface area contributed by atoms with Crippen LogP contribution in [0.1, 0.15) is 16.8 Å². The molecule has 4 rings (SSSR count). The molecular formula is C21H21N5. The summed E-state index contributed by atoms with van der Waals surface area (Å²) in [7, 11) is 0. The number of nitrogens with zero attached hydrogens (tertiary/aromatic N) is 5. The normalized spacial score (nSPS) is 15.2. The first-order valence-electron chi connectivity index (χ1n) is 8.93. The maximum atomic E-state index is 9.50. The van der Waals surface area contributed by atoms with E-state index in [1.165, 1.54) is 11.1 Å². The van der Waals surface area contributed by atoms with Gasteiger partial charge < -0.3 is 4.90 Å². The van der Waals surface area contributed by atoms with Crippen molar-refractivity contribution >= 4 is 16.6 Å². The second-order valence-corrected chi connectivity index (χ2v) is 6.72. The molecule has 1 aliphatic rings. The first kappa shape index (κ1) is 16.5. The molecule has 0 saturated carbocycles. The molecule has 26 heavy (non-hydrogen) atoms. The van der Waals surface area contributed by atoms with Crippen molar-refractivity contribution < 1.29 is 0 Å².